The molecule has 0 saturated carbocycles. The number of nitrogens with zero attached hydrogens (tertiary/aromatic N) is 5. The summed E-state index contributed by atoms with van der Waals surface area (Å²) >= 11 is 0.341. The lowest BCUT2D eigenvalue weighted by molar-refractivity contribution is -0.432. The molecule has 0 unspecified atom stereocenters. The van der Waals surface area contributed by atoms with Crippen LogP contribution in [0.4, 0.5) is 34.1 Å². The van der Waals surface area contributed by atoms with Crippen LogP contribution in [0.1, 0.15) is 0 Å². The summed E-state index contributed by atoms with van der Waals surface area (Å²) in [4.78, 5) is 9.14. The highest BCUT2D eigenvalue weighted by Crippen LogP contribution is 2.46. The Kier molecular flexibility index (Phi) is 9.15. The highest BCUT2D eigenvalue weighted by Gasteiger charge is 2.21. The Labute approximate surface area is 267 Å². The van der Waals surface area contributed by atoms with Crippen molar-refractivity contribution in [3.8, 4) is 5.75 Å². The minimum Gasteiger partial charge on any atom is -0.505 e. The maximum Gasteiger partial charge on any atom is 0.296 e. The van der Waals surface area contributed by atoms with Crippen LogP contribution in [0, 0.1) is 10.1 Å². The SMILES string of the molecule is Nc1cc2c(O)c(N=Nc3ccc(N=Nc4ccc([N+](=O)[O-])cc4)c4ccc(S(=O)(=O)O)cc34)c(SOOO)cc2cc1S(=O)(=O)O. The molecule has 5 rings (SSSR count). The first-order chi connectivity index (χ1) is 22.2. The second-order valence-corrected chi connectivity index (χ2v) is 12.9. The van der Waals surface area contributed by atoms with Crippen molar-refractivity contribution in [1.29, 1.82) is 0 Å². The van der Waals surface area contributed by atoms with Gasteiger partial charge < -0.3 is 10.8 Å². The Morgan fingerprint density at radius 1 is 0.787 bits per heavy atom. The van der Waals surface area contributed by atoms with Gasteiger partial charge in [0.25, 0.3) is 25.9 Å². The summed E-state index contributed by atoms with van der Waals surface area (Å²) in [5.41, 5.74) is 5.44. The zero-order valence-corrected chi connectivity index (χ0v) is 25.5. The van der Waals surface area contributed by atoms with E-state index < -0.39 is 46.4 Å². The van der Waals surface area contributed by atoms with Crippen LogP contribution in [-0.2, 0) is 29.6 Å². The van der Waals surface area contributed by atoms with Gasteiger partial charge in [-0.05, 0) is 60.0 Å². The van der Waals surface area contributed by atoms with E-state index in [0.29, 0.717) is 17.4 Å². The van der Waals surface area contributed by atoms with E-state index >= 15 is 0 Å². The predicted molar refractivity (Wildman–Crippen MR) is 166 cm³/mol. The van der Waals surface area contributed by atoms with Crippen LogP contribution >= 0.6 is 12.0 Å². The highest BCUT2D eigenvalue weighted by molar-refractivity contribution is 7.94. The number of benzene rings is 5. The van der Waals surface area contributed by atoms with Crippen molar-refractivity contribution in [3.05, 3.63) is 82.9 Å². The number of nitro benzene ring substituents is 1. The summed E-state index contributed by atoms with van der Waals surface area (Å²) in [6.07, 6.45) is 0. The maximum absolute atomic E-state index is 11.9. The molecule has 0 bridgehead atoms. The predicted octanol–water partition coefficient (Wildman–Crippen LogP) is 6.94. The minimum atomic E-state index is -4.74. The molecule has 5 aromatic carbocycles. The Hall–Kier alpha value is -5.13. The first-order valence-corrected chi connectivity index (χ1v) is 16.1. The average molecular weight is 703 g/mol. The number of rotatable bonds is 10. The third kappa shape index (κ3) is 7.16. The molecule has 47 heavy (non-hydrogen) atoms. The van der Waals surface area contributed by atoms with Crippen molar-refractivity contribution in [2.75, 3.05) is 5.73 Å². The summed E-state index contributed by atoms with van der Waals surface area (Å²) in [6.45, 7) is 0. The monoisotopic (exact) mass is 702 g/mol. The molecule has 0 aromatic heterocycles. The van der Waals surface area contributed by atoms with Crippen LogP contribution < -0.4 is 5.73 Å². The minimum absolute atomic E-state index is 0.01000. The van der Waals surface area contributed by atoms with Crippen molar-refractivity contribution in [2.45, 2.75) is 14.7 Å². The highest BCUT2D eigenvalue weighted by atomic mass is 32.2. The second kappa shape index (κ2) is 12.9. The van der Waals surface area contributed by atoms with Crippen molar-refractivity contribution in [2.24, 2.45) is 20.5 Å². The fraction of sp³-hybridized carbons (Fsp3) is 0. The zero-order valence-electron chi connectivity index (χ0n) is 23.0. The van der Waals surface area contributed by atoms with E-state index in [9.17, 15) is 41.2 Å². The molecular formula is C26H18N6O12S3. The number of fused-ring (bicyclic) bond motifs is 2. The zero-order chi connectivity index (χ0) is 34.1. The number of hydrogen-bond donors (Lipinski definition) is 5. The number of anilines is 1. The van der Waals surface area contributed by atoms with Gasteiger partial charge in [-0.3, -0.25) is 19.2 Å². The fourth-order valence-corrected chi connectivity index (χ4v) is 5.95. The number of non-ortho nitro benzene ring substituents is 1. The van der Waals surface area contributed by atoms with Gasteiger partial charge in [-0.1, -0.05) is 11.1 Å². The molecule has 21 heteroatoms. The van der Waals surface area contributed by atoms with E-state index in [1.165, 1.54) is 48.5 Å². The van der Waals surface area contributed by atoms with E-state index in [-0.39, 0.29) is 49.5 Å². The van der Waals surface area contributed by atoms with Crippen LogP contribution in [0.2, 0.25) is 0 Å². The molecule has 18 nitrogen and oxygen atoms in total. The number of phenolic OH excluding ortho intramolecular Hbond substituents is 1. The largest absolute Gasteiger partial charge is 0.505 e. The summed E-state index contributed by atoms with van der Waals surface area (Å²) in [6, 6.07) is 14.9. The van der Waals surface area contributed by atoms with Crippen molar-refractivity contribution in [1.82, 2.24) is 0 Å². The van der Waals surface area contributed by atoms with Crippen molar-refractivity contribution >= 4 is 87.9 Å². The van der Waals surface area contributed by atoms with Gasteiger partial charge in [0, 0.05) is 28.3 Å². The lowest BCUT2D eigenvalue weighted by Crippen LogP contribution is -2.03. The van der Waals surface area contributed by atoms with Crippen LogP contribution in [-0.4, -0.2) is 41.2 Å². The number of nitrogens with two attached hydrogens (primary N) is 1. The van der Waals surface area contributed by atoms with Gasteiger partial charge in [0.2, 0.25) is 0 Å². The molecular weight excluding hydrogens is 685 g/mol. The molecule has 0 aliphatic heterocycles. The molecule has 0 heterocycles. The Morgan fingerprint density at radius 3 is 2.06 bits per heavy atom. The quantitative estimate of drug-likeness (QED) is 0.0187. The normalized spacial score (nSPS) is 12.5. The summed E-state index contributed by atoms with van der Waals surface area (Å²) in [7, 11) is -9.41. The molecule has 6 N–H and O–H groups in total. The molecule has 0 saturated heterocycles. The number of nitro groups is 1. The third-order valence-corrected chi connectivity index (χ3v) is 8.82. The van der Waals surface area contributed by atoms with Gasteiger partial charge >= 0.3 is 0 Å². The molecule has 0 atom stereocenters. The van der Waals surface area contributed by atoms with Gasteiger partial charge in [0.15, 0.2) is 5.75 Å². The maximum atomic E-state index is 11.9. The van der Waals surface area contributed by atoms with Crippen LogP contribution in [0.25, 0.3) is 21.5 Å². The van der Waals surface area contributed by atoms with Crippen molar-refractivity contribution in [3.63, 3.8) is 0 Å². The molecule has 0 spiro atoms. The molecule has 0 aliphatic rings. The molecule has 0 fully saturated rings. The van der Waals surface area contributed by atoms with Crippen LogP contribution in [0.15, 0.2) is 108 Å². The van der Waals surface area contributed by atoms with E-state index in [1.54, 1.807) is 0 Å². The topological polar surface area (TPSA) is 286 Å². The van der Waals surface area contributed by atoms with Crippen LogP contribution in [0.3, 0.4) is 0 Å². The Balaban J connectivity index is 1.65. The van der Waals surface area contributed by atoms with E-state index in [4.69, 9.17) is 11.0 Å². The number of nitrogen functional groups attached to an aromatic ring is 1. The molecule has 0 radical (unpaired) electrons. The molecule has 0 amide bonds. The van der Waals surface area contributed by atoms with E-state index in [0.717, 1.165) is 24.3 Å². The molecule has 0 aliphatic carbocycles. The first-order valence-electron chi connectivity index (χ1n) is 12.5. The summed E-state index contributed by atoms with van der Waals surface area (Å²) in [5.74, 6) is -0.583. The fourth-order valence-electron chi connectivity index (χ4n) is 4.31. The standard InChI is InChI=1S/C26H18N6O12S3/c27-20-12-18-13(10-24(20)47(40,41)42)9-23(45-44-43-36)25(26(18)33)31-30-22-8-7-21(17-6-5-16(11-19(17)22)46(37,38)39)29-28-14-1-3-15(4-2-14)32(34)35/h1-12,33,36H,27H2,(H,37,38,39)(H,40,41,42). The molecule has 242 valence electrons. The van der Waals surface area contributed by atoms with Gasteiger partial charge in [-0.2, -0.15) is 21.9 Å². The summed E-state index contributed by atoms with van der Waals surface area (Å²) < 4.78 is 71.0. The van der Waals surface area contributed by atoms with Gasteiger partial charge in [0.1, 0.15) is 10.6 Å². The average Bonchev–Trinajstić information content (AvgIpc) is 3.01. The van der Waals surface area contributed by atoms with Crippen molar-refractivity contribution < 1.29 is 50.6 Å². The number of hydrogen-bond acceptors (Lipinski definition) is 16. The second-order valence-electron chi connectivity index (χ2n) is 9.34. The number of azo groups is 2. The first kappa shape index (κ1) is 33.2. The Bertz CT molecular complexity index is 2350. The molecule has 5 aromatic rings. The number of phenols is 1. The van der Waals surface area contributed by atoms with Gasteiger partial charge in [-0.25, -0.2) is 5.26 Å². The number of aromatic hydroxyl groups is 1. The van der Waals surface area contributed by atoms with Gasteiger partial charge in [-0.15, -0.1) is 19.7 Å². The smallest absolute Gasteiger partial charge is 0.296 e. The van der Waals surface area contributed by atoms with E-state index in [1.807, 2.05) is 0 Å². The lowest BCUT2D eigenvalue weighted by atomic mass is 10.1. The summed E-state index contributed by atoms with van der Waals surface area (Å²) in [5, 5.41) is 51.2. The van der Waals surface area contributed by atoms with Gasteiger partial charge in [0.05, 0.1) is 49.5 Å². The van der Waals surface area contributed by atoms with E-state index in [2.05, 4.69) is 29.8 Å². The lowest BCUT2D eigenvalue weighted by Gasteiger charge is -2.11. The Morgan fingerprint density at radius 2 is 1.45 bits per heavy atom. The van der Waals surface area contributed by atoms with Crippen LogP contribution in [0.5, 0.6) is 5.75 Å². The third-order valence-electron chi connectivity index (χ3n) is 6.44.